The molecule has 5 heteroatoms. The molecule has 0 aliphatic carbocycles. The van der Waals surface area contributed by atoms with E-state index < -0.39 is 11.9 Å². The lowest BCUT2D eigenvalue weighted by atomic mass is 10.00. The minimum atomic E-state index is -4.44. The molecule has 0 unspecified atom stereocenters. The fourth-order valence-corrected chi connectivity index (χ4v) is 2.08. The lowest BCUT2D eigenvalue weighted by Gasteiger charge is -2.14. The van der Waals surface area contributed by atoms with Crippen LogP contribution in [0.15, 0.2) is 24.3 Å². The second-order valence-corrected chi connectivity index (χ2v) is 5.01. The maximum absolute atomic E-state index is 12.9. The van der Waals surface area contributed by atoms with Gasteiger partial charge in [-0.2, -0.15) is 13.2 Å². The third-order valence-corrected chi connectivity index (χ3v) is 3.16. The van der Waals surface area contributed by atoms with Gasteiger partial charge in [-0.3, -0.25) is 0 Å². The fraction of sp³-hybridized carbons (Fsp3) is 0.400. The Labute approximate surface area is 116 Å². The molecule has 0 aliphatic rings. The van der Waals surface area contributed by atoms with E-state index in [4.69, 9.17) is 0 Å². The van der Waals surface area contributed by atoms with Gasteiger partial charge < -0.3 is 5.32 Å². The summed E-state index contributed by atoms with van der Waals surface area (Å²) >= 11 is 0. The Kier molecular flexibility index (Phi) is 3.88. The van der Waals surface area contributed by atoms with Gasteiger partial charge in [-0.15, -0.1) is 0 Å². The summed E-state index contributed by atoms with van der Waals surface area (Å²) in [5.41, 5.74) is 1.06. The molecule has 0 fully saturated rings. The van der Waals surface area contributed by atoms with Crippen molar-refractivity contribution in [3.63, 3.8) is 0 Å². The minimum absolute atomic E-state index is 0.316. The van der Waals surface area contributed by atoms with E-state index in [1.165, 1.54) is 0 Å². The topological polar surface area (TPSA) is 24.9 Å². The highest BCUT2D eigenvalue weighted by molar-refractivity contribution is 5.92. The van der Waals surface area contributed by atoms with Gasteiger partial charge in [0.2, 0.25) is 0 Å². The van der Waals surface area contributed by atoms with Crippen molar-refractivity contribution in [1.29, 1.82) is 0 Å². The molecule has 0 saturated carbocycles. The van der Waals surface area contributed by atoms with Crippen LogP contribution in [0.5, 0.6) is 0 Å². The van der Waals surface area contributed by atoms with Crippen LogP contribution < -0.4 is 5.32 Å². The van der Waals surface area contributed by atoms with Crippen molar-refractivity contribution < 1.29 is 13.2 Å². The zero-order valence-electron chi connectivity index (χ0n) is 11.7. The number of aromatic nitrogens is 1. The van der Waals surface area contributed by atoms with E-state index >= 15 is 0 Å². The molecule has 1 aromatic carbocycles. The molecule has 0 saturated heterocycles. The molecule has 0 radical (unpaired) electrons. The Morgan fingerprint density at radius 2 is 1.90 bits per heavy atom. The monoisotopic (exact) mass is 282 g/mol. The van der Waals surface area contributed by atoms with Crippen LogP contribution in [0.2, 0.25) is 0 Å². The molecule has 1 aromatic heterocycles. The molecule has 20 heavy (non-hydrogen) atoms. The van der Waals surface area contributed by atoms with Crippen LogP contribution in [0.3, 0.4) is 0 Å². The van der Waals surface area contributed by atoms with Crippen LogP contribution in [0, 0.1) is 0 Å². The number of benzene rings is 1. The first-order valence-electron chi connectivity index (χ1n) is 6.58. The van der Waals surface area contributed by atoms with Gasteiger partial charge in [0.05, 0.1) is 5.52 Å². The SMILES string of the molecule is CCNc1cc(C(F)(F)F)nc2ccc(C(C)C)cc12. The second kappa shape index (κ2) is 5.31. The molecule has 1 heterocycles. The Hall–Kier alpha value is -1.78. The van der Waals surface area contributed by atoms with Crippen molar-refractivity contribution in [2.75, 3.05) is 11.9 Å². The van der Waals surface area contributed by atoms with Crippen LogP contribution in [-0.4, -0.2) is 11.5 Å². The van der Waals surface area contributed by atoms with Crippen LogP contribution >= 0.6 is 0 Å². The van der Waals surface area contributed by atoms with E-state index in [-0.39, 0.29) is 0 Å². The molecule has 0 bridgehead atoms. The summed E-state index contributed by atoms with van der Waals surface area (Å²) in [5, 5.41) is 3.72. The first-order valence-corrected chi connectivity index (χ1v) is 6.58. The molecule has 0 amide bonds. The predicted molar refractivity (Wildman–Crippen MR) is 75.0 cm³/mol. The Morgan fingerprint density at radius 3 is 2.45 bits per heavy atom. The maximum atomic E-state index is 12.9. The van der Waals surface area contributed by atoms with Gasteiger partial charge in [0, 0.05) is 17.6 Å². The standard InChI is InChI=1S/C15H17F3N2/c1-4-19-13-8-14(15(16,17)18)20-12-6-5-10(9(2)3)7-11(12)13/h5-9H,4H2,1-3H3,(H,19,20). The van der Waals surface area contributed by atoms with Crippen molar-refractivity contribution in [2.45, 2.75) is 32.9 Å². The van der Waals surface area contributed by atoms with Gasteiger partial charge in [0.1, 0.15) is 5.69 Å². The average molecular weight is 282 g/mol. The van der Waals surface area contributed by atoms with Gasteiger partial charge in [-0.05, 0) is 36.6 Å². The smallest absolute Gasteiger partial charge is 0.385 e. The quantitative estimate of drug-likeness (QED) is 0.874. The fourth-order valence-electron chi connectivity index (χ4n) is 2.08. The molecular weight excluding hydrogens is 265 g/mol. The summed E-state index contributed by atoms with van der Waals surface area (Å²) in [6, 6.07) is 6.47. The summed E-state index contributed by atoms with van der Waals surface area (Å²) < 4.78 is 38.6. The van der Waals surface area contributed by atoms with E-state index in [1.807, 2.05) is 32.9 Å². The molecule has 0 aliphatic heterocycles. The maximum Gasteiger partial charge on any atom is 0.433 e. The number of anilines is 1. The molecule has 0 spiro atoms. The van der Waals surface area contributed by atoms with Crippen molar-refractivity contribution in [1.82, 2.24) is 4.98 Å². The molecule has 2 nitrogen and oxygen atoms in total. The van der Waals surface area contributed by atoms with Crippen LogP contribution in [0.25, 0.3) is 10.9 Å². The Bertz CT molecular complexity index is 618. The zero-order valence-corrected chi connectivity index (χ0v) is 11.7. The van der Waals surface area contributed by atoms with Crippen molar-refractivity contribution in [3.05, 3.63) is 35.5 Å². The number of pyridine rings is 1. The summed E-state index contributed by atoms with van der Waals surface area (Å²) in [6.07, 6.45) is -4.44. The van der Waals surface area contributed by atoms with E-state index in [9.17, 15) is 13.2 Å². The molecule has 1 N–H and O–H groups in total. The van der Waals surface area contributed by atoms with Crippen LogP contribution in [-0.2, 0) is 6.18 Å². The van der Waals surface area contributed by atoms with E-state index in [1.54, 1.807) is 6.07 Å². The number of alkyl halides is 3. The Balaban J connectivity index is 2.68. The van der Waals surface area contributed by atoms with E-state index in [0.29, 0.717) is 23.7 Å². The first-order chi connectivity index (χ1) is 9.32. The van der Waals surface area contributed by atoms with Gasteiger partial charge in [-0.25, -0.2) is 4.98 Å². The lowest BCUT2D eigenvalue weighted by molar-refractivity contribution is -0.140. The summed E-state index contributed by atoms with van der Waals surface area (Å²) in [6.45, 7) is 6.51. The van der Waals surface area contributed by atoms with Gasteiger partial charge in [0.15, 0.2) is 0 Å². The van der Waals surface area contributed by atoms with E-state index in [0.717, 1.165) is 17.0 Å². The largest absolute Gasteiger partial charge is 0.433 e. The third kappa shape index (κ3) is 2.86. The number of rotatable bonds is 3. The van der Waals surface area contributed by atoms with Gasteiger partial charge in [-0.1, -0.05) is 19.9 Å². The summed E-state index contributed by atoms with van der Waals surface area (Å²) in [7, 11) is 0. The highest BCUT2D eigenvalue weighted by Crippen LogP contribution is 2.34. The van der Waals surface area contributed by atoms with Crippen molar-refractivity contribution in [3.8, 4) is 0 Å². The second-order valence-electron chi connectivity index (χ2n) is 5.01. The molecular formula is C15H17F3N2. The molecule has 2 aromatic rings. The number of hydrogen-bond acceptors (Lipinski definition) is 2. The molecule has 108 valence electrons. The first kappa shape index (κ1) is 14.6. The molecule has 0 atom stereocenters. The van der Waals surface area contributed by atoms with Crippen LogP contribution in [0.4, 0.5) is 18.9 Å². The third-order valence-electron chi connectivity index (χ3n) is 3.16. The van der Waals surface area contributed by atoms with Crippen LogP contribution in [0.1, 0.15) is 37.9 Å². The van der Waals surface area contributed by atoms with E-state index in [2.05, 4.69) is 10.3 Å². The number of fused-ring (bicyclic) bond motifs is 1. The molecule has 2 rings (SSSR count). The summed E-state index contributed by atoms with van der Waals surface area (Å²) in [5.74, 6) is 0.316. The van der Waals surface area contributed by atoms with Crippen molar-refractivity contribution >= 4 is 16.6 Å². The lowest BCUT2D eigenvalue weighted by Crippen LogP contribution is -2.10. The van der Waals surface area contributed by atoms with Crippen molar-refractivity contribution in [2.24, 2.45) is 0 Å². The predicted octanol–water partition coefficient (Wildman–Crippen LogP) is 4.81. The Morgan fingerprint density at radius 1 is 1.20 bits per heavy atom. The summed E-state index contributed by atoms with van der Waals surface area (Å²) in [4.78, 5) is 3.72. The minimum Gasteiger partial charge on any atom is -0.385 e. The van der Waals surface area contributed by atoms with Gasteiger partial charge in [0.25, 0.3) is 0 Å². The average Bonchev–Trinajstić information content (AvgIpc) is 2.37. The number of halogens is 3. The number of hydrogen-bond donors (Lipinski definition) is 1. The highest BCUT2D eigenvalue weighted by Gasteiger charge is 2.33. The zero-order chi connectivity index (χ0) is 14.9. The number of nitrogens with one attached hydrogen (secondary N) is 1. The number of nitrogens with zero attached hydrogens (tertiary/aromatic N) is 1. The van der Waals surface area contributed by atoms with Gasteiger partial charge >= 0.3 is 6.18 Å². The highest BCUT2D eigenvalue weighted by atomic mass is 19.4. The normalized spacial score (nSPS) is 12.2.